The summed E-state index contributed by atoms with van der Waals surface area (Å²) in [5, 5.41) is 0. The molecule has 0 fully saturated rings. The second-order valence-corrected chi connectivity index (χ2v) is 10.0. The number of hydrogen-bond acceptors (Lipinski definition) is 8. The van der Waals surface area contributed by atoms with Crippen molar-refractivity contribution < 1.29 is 45.3 Å². The average Bonchev–Trinajstić information content (AvgIpc) is 2.86. The molecule has 0 amide bonds. The molecule has 0 radical (unpaired) electrons. The fourth-order valence-electron chi connectivity index (χ4n) is 5.00. The molecule has 0 aliphatic carbocycles. The number of fused-ring (bicyclic) bond motifs is 1. The zero-order valence-electron chi connectivity index (χ0n) is 21.7. The maximum atomic E-state index is 11.0. The van der Waals surface area contributed by atoms with Gasteiger partial charge >= 0.3 is 10.4 Å². The van der Waals surface area contributed by atoms with Gasteiger partial charge in [0, 0.05) is 24.8 Å². The highest BCUT2D eigenvalue weighted by molar-refractivity contribution is 7.80. The van der Waals surface area contributed by atoms with Crippen molar-refractivity contribution >= 4 is 10.4 Å². The predicted octanol–water partition coefficient (Wildman–Crippen LogP) is 3.23. The van der Waals surface area contributed by atoms with Crippen LogP contribution in [0.25, 0.3) is 0 Å². The second kappa shape index (κ2) is 11.5. The number of ether oxygens (including phenoxy) is 5. The maximum Gasteiger partial charge on any atom is 0.397 e. The van der Waals surface area contributed by atoms with Gasteiger partial charge in [0.05, 0.1) is 62.3 Å². The minimum absolute atomic E-state index is 0.00194. The summed E-state index contributed by atoms with van der Waals surface area (Å²) in [7, 11) is 5.65. The van der Waals surface area contributed by atoms with E-state index < -0.39 is 10.4 Å². The molecular weight excluding hydrogens is 490 g/mol. The molecule has 36 heavy (non-hydrogen) atoms. The smallest absolute Gasteiger partial charge is 0.397 e. The van der Waals surface area contributed by atoms with Crippen LogP contribution in [0, 0.1) is 0 Å². The maximum absolute atomic E-state index is 11.0. The molecule has 1 heterocycles. The zero-order valence-corrected chi connectivity index (χ0v) is 22.5. The molecule has 2 atom stereocenters. The van der Waals surface area contributed by atoms with E-state index in [-0.39, 0.29) is 12.6 Å². The highest BCUT2D eigenvalue weighted by Gasteiger charge is 2.40. The Balaban J connectivity index is 2.04. The number of quaternary nitrogens is 1. The lowest BCUT2D eigenvalue weighted by atomic mass is 9.86. The van der Waals surface area contributed by atoms with Gasteiger partial charge in [-0.15, -0.1) is 0 Å². The Bertz CT molecular complexity index is 1140. The van der Waals surface area contributed by atoms with E-state index in [0.29, 0.717) is 52.6 Å². The number of nitrogens with zero attached hydrogens (tertiary/aromatic N) is 1. The van der Waals surface area contributed by atoms with Crippen LogP contribution < -0.4 is 23.7 Å². The summed E-state index contributed by atoms with van der Waals surface area (Å²) in [6, 6.07) is 7.95. The Morgan fingerprint density at radius 2 is 1.47 bits per heavy atom. The standard InChI is InChI=1S/C25H35NO9S/c1-26(9-7-11-35-36(27,28)29)10-8-18-15-21(30-2)22(31-3)16-19(18)20(26)12-17-13-23(32-4)25(34-6)24(14-17)33-5/h13-16,20H,7-12H2,1-6H3/p+1/t20-,26-/m1/s1. The highest BCUT2D eigenvalue weighted by Crippen LogP contribution is 2.44. The molecule has 0 unspecified atom stereocenters. The van der Waals surface area contributed by atoms with Crippen molar-refractivity contribution in [1.82, 2.24) is 0 Å². The monoisotopic (exact) mass is 526 g/mol. The summed E-state index contributed by atoms with van der Waals surface area (Å²) in [4.78, 5) is 0. The molecule has 1 N–H and O–H groups in total. The summed E-state index contributed by atoms with van der Waals surface area (Å²) in [5.74, 6) is 3.01. The van der Waals surface area contributed by atoms with Crippen LogP contribution in [0.5, 0.6) is 28.7 Å². The fourth-order valence-corrected chi connectivity index (χ4v) is 5.32. The first-order valence-corrected chi connectivity index (χ1v) is 12.9. The number of rotatable bonds is 12. The molecule has 1 aliphatic rings. The number of methoxy groups -OCH3 is 5. The minimum atomic E-state index is -4.47. The van der Waals surface area contributed by atoms with Crippen LogP contribution in [-0.2, 0) is 27.4 Å². The fraction of sp³-hybridized carbons (Fsp3) is 0.520. The Morgan fingerprint density at radius 3 is 2.00 bits per heavy atom. The third-order valence-electron chi connectivity index (χ3n) is 6.85. The Labute approximate surface area is 213 Å². The molecule has 10 nitrogen and oxygen atoms in total. The van der Waals surface area contributed by atoms with Gasteiger partial charge in [0.1, 0.15) is 6.04 Å². The molecule has 0 saturated carbocycles. The van der Waals surface area contributed by atoms with E-state index in [4.69, 9.17) is 28.2 Å². The SMILES string of the molecule is COc1cc2c(cc1OC)[C@@H](Cc1cc(OC)c(OC)c(OC)c1)[N@+](C)(CCCOS(=O)(=O)O)CC2. The molecule has 1 aliphatic heterocycles. The molecular formula is C25H36NO9S+. The van der Waals surface area contributed by atoms with Crippen LogP contribution in [-0.4, -0.2) is 79.7 Å². The third kappa shape index (κ3) is 6.15. The van der Waals surface area contributed by atoms with Crippen LogP contribution in [0.15, 0.2) is 24.3 Å². The number of benzene rings is 2. The Hall–Kier alpha value is -2.73. The van der Waals surface area contributed by atoms with Crippen LogP contribution in [0.1, 0.15) is 29.2 Å². The van der Waals surface area contributed by atoms with Gasteiger partial charge in [0.25, 0.3) is 0 Å². The zero-order chi connectivity index (χ0) is 26.5. The van der Waals surface area contributed by atoms with Gasteiger partial charge in [-0.3, -0.25) is 4.55 Å². The van der Waals surface area contributed by atoms with E-state index in [2.05, 4.69) is 11.2 Å². The van der Waals surface area contributed by atoms with Crippen molar-refractivity contribution in [3.05, 3.63) is 41.0 Å². The quantitative estimate of drug-likeness (QED) is 0.253. The van der Waals surface area contributed by atoms with E-state index in [9.17, 15) is 8.42 Å². The summed E-state index contributed by atoms with van der Waals surface area (Å²) < 4.78 is 63.9. The first kappa shape index (κ1) is 27.9. The van der Waals surface area contributed by atoms with Gasteiger partial charge in [-0.1, -0.05) is 0 Å². The van der Waals surface area contributed by atoms with Gasteiger partial charge in [0.2, 0.25) is 5.75 Å². The molecule has 2 aromatic rings. The normalized spacial score (nSPS) is 19.4. The molecule has 3 rings (SSSR count). The summed E-state index contributed by atoms with van der Waals surface area (Å²) in [5.41, 5.74) is 3.30. The molecule has 0 aromatic heterocycles. The molecule has 2 aromatic carbocycles. The summed E-state index contributed by atoms with van der Waals surface area (Å²) in [6.45, 7) is 1.37. The molecule has 0 saturated heterocycles. The van der Waals surface area contributed by atoms with Gasteiger partial charge in [-0.05, 0) is 35.4 Å². The lowest BCUT2D eigenvalue weighted by Crippen LogP contribution is -2.52. The van der Waals surface area contributed by atoms with Gasteiger partial charge < -0.3 is 28.2 Å². The topological polar surface area (TPSA) is 110 Å². The largest absolute Gasteiger partial charge is 0.493 e. The highest BCUT2D eigenvalue weighted by atomic mass is 32.3. The summed E-state index contributed by atoms with van der Waals surface area (Å²) in [6.07, 6.45) is 1.91. The lowest BCUT2D eigenvalue weighted by molar-refractivity contribution is -0.941. The first-order chi connectivity index (χ1) is 17.1. The van der Waals surface area contributed by atoms with Gasteiger partial charge in [0.15, 0.2) is 23.0 Å². The van der Waals surface area contributed by atoms with Crippen molar-refractivity contribution in [1.29, 1.82) is 0 Å². The Kier molecular flexibility index (Phi) is 8.93. The second-order valence-electron chi connectivity index (χ2n) is 8.94. The van der Waals surface area contributed by atoms with Crippen LogP contribution in [0.3, 0.4) is 0 Å². The van der Waals surface area contributed by atoms with E-state index >= 15 is 0 Å². The van der Waals surface area contributed by atoms with Crippen molar-refractivity contribution in [3.63, 3.8) is 0 Å². The predicted molar refractivity (Wildman–Crippen MR) is 134 cm³/mol. The first-order valence-electron chi connectivity index (χ1n) is 11.6. The van der Waals surface area contributed by atoms with Crippen LogP contribution >= 0.6 is 0 Å². The number of likely N-dealkylation sites (N-methyl/N-ethyl adjacent to an activating group) is 1. The lowest BCUT2D eigenvalue weighted by Gasteiger charge is -2.46. The third-order valence-corrected chi connectivity index (χ3v) is 7.31. The van der Waals surface area contributed by atoms with E-state index in [1.807, 2.05) is 24.3 Å². The van der Waals surface area contributed by atoms with Crippen LogP contribution in [0.4, 0.5) is 0 Å². The molecule has 0 spiro atoms. The van der Waals surface area contributed by atoms with Crippen molar-refractivity contribution in [2.75, 3.05) is 62.3 Å². The molecule has 11 heteroatoms. The number of hydrogen-bond donors (Lipinski definition) is 1. The molecule has 200 valence electrons. The average molecular weight is 527 g/mol. The molecule has 0 bridgehead atoms. The van der Waals surface area contributed by atoms with E-state index in [0.717, 1.165) is 24.1 Å². The minimum Gasteiger partial charge on any atom is -0.493 e. The van der Waals surface area contributed by atoms with Gasteiger partial charge in [-0.25, -0.2) is 4.18 Å². The van der Waals surface area contributed by atoms with Gasteiger partial charge in [-0.2, -0.15) is 8.42 Å². The van der Waals surface area contributed by atoms with Crippen LogP contribution in [0.2, 0.25) is 0 Å². The van der Waals surface area contributed by atoms with Crippen molar-refractivity contribution in [3.8, 4) is 28.7 Å². The Morgan fingerprint density at radius 1 is 0.889 bits per heavy atom. The summed E-state index contributed by atoms with van der Waals surface area (Å²) >= 11 is 0. The van der Waals surface area contributed by atoms with Crippen molar-refractivity contribution in [2.24, 2.45) is 0 Å². The van der Waals surface area contributed by atoms with Crippen molar-refractivity contribution in [2.45, 2.75) is 25.3 Å². The van der Waals surface area contributed by atoms with E-state index in [1.165, 1.54) is 5.56 Å². The van der Waals surface area contributed by atoms with E-state index in [1.54, 1.807) is 35.5 Å².